The van der Waals surface area contributed by atoms with Crippen molar-refractivity contribution in [3.63, 3.8) is 0 Å². The summed E-state index contributed by atoms with van der Waals surface area (Å²) < 4.78 is 120. The monoisotopic (exact) mass is 2090 g/mol. The third-order valence-electron chi connectivity index (χ3n) is 25.9. The molecule has 8 heterocycles. The lowest BCUT2D eigenvalue weighted by Gasteiger charge is -2.15. The van der Waals surface area contributed by atoms with Crippen molar-refractivity contribution in [1.29, 1.82) is 0 Å². The Morgan fingerprint density at radius 1 is 0.333 bits per heavy atom. The molecule has 4 N–H and O–H groups in total. The van der Waals surface area contributed by atoms with Crippen molar-refractivity contribution in [1.82, 2.24) is 19.6 Å². The van der Waals surface area contributed by atoms with Gasteiger partial charge in [0.15, 0.2) is 23.0 Å². The van der Waals surface area contributed by atoms with Gasteiger partial charge >= 0.3 is 6.18 Å². The standard InChI is InChI=1S/C30H28F3NO4S.C29H28ClNO4S.2C29H28FNO4S/c1-19-13-15-34(18-19)14-4-16-37-21-8-10-22(11-9-21)38-28-24-12-7-20(35)17-26(24)39-29(28)27(36)23-5-2-3-6-25(23)30(31,32)33;1-19-13-15-31(18-19)14-4-16-34-21-8-10-22(11-9-21)35-28-24-12-7-20(32)17-26(24)36-29(28)27(33)23-5-2-3-6-25(23)30;1-19-13-15-31(18-19)14-2-16-34-23-8-10-24(11-9-23)35-28-25-12-7-22(32)17-26(25)36-29(28)27(33)20-3-5-21(30)6-4-20;1-19-13-15-31(18-19)14-4-16-34-21-8-10-22(11-9-21)35-28-24-12-7-20(32)17-26(24)36-29(28)27(33)23-5-2-3-6-25(23)30/h2-3,5-12,17,19,35H,4,13-16,18H2,1H3;2-3,5-12,17,19,32H,4,13-16,18H2,1H3;3-12,17,19,32H,2,13-16,18H2,1H3;2-3,5-12,17,19,32H,4,13-16,18H2,1H3/t4*19-/m1111/s1. The molecule has 20 nitrogen and oxygen atoms in total. The number of hydrogen-bond acceptors (Lipinski definition) is 24. The fourth-order valence-electron chi connectivity index (χ4n) is 18.3. The number of nitrogens with zero attached hydrogens (tertiary/aromatic N) is 4. The lowest BCUT2D eigenvalue weighted by atomic mass is 10.0. The van der Waals surface area contributed by atoms with Crippen molar-refractivity contribution in [2.45, 2.75) is 85.2 Å². The molecule has 4 aromatic heterocycles. The summed E-state index contributed by atoms with van der Waals surface area (Å²) in [5.74, 6) is 7.09. The van der Waals surface area contributed by atoms with E-state index in [1.165, 1.54) is 160 Å². The second-order valence-electron chi connectivity index (χ2n) is 37.5. The predicted octanol–water partition coefficient (Wildman–Crippen LogP) is 28.9. The number of alkyl halides is 3. The number of aromatic hydroxyl groups is 4. The summed E-state index contributed by atoms with van der Waals surface area (Å²) >= 11 is 11.0. The summed E-state index contributed by atoms with van der Waals surface area (Å²) in [5, 5.41) is 42.8. The Kier molecular flexibility index (Phi) is 34.9. The van der Waals surface area contributed by atoms with Gasteiger partial charge in [0.1, 0.15) is 100 Å². The molecule has 0 unspecified atom stereocenters. The van der Waals surface area contributed by atoms with E-state index >= 15 is 0 Å². The minimum absolute atomic E-state index is 0.0175. The van der Waals surface area contributed by atoms with Crippen LogP contribution in [0.2, 0.25) is 5.02 Å². The molecule has 12 aromatic carbocycles. The summed E-state index contributed by atoms with van der Waals surface area (Å²) in [4.78, 5) is 64.4. The van der Waals surface area contributed by atoms with Crippen LogP contribution in [0.25, 0.3) is 40.3 Å². The van der Waals surface area contributed by atoms with Crippen molar-refractivity contribution in [3.05, 3.63) is 331 Å². The number of likely N-dealkylation sites (tertiary alicyclic amines) is 4. The molecule has 30 heteroatoms. The first-order valence-electron chi connectivity index (χ1n) is 49.2. The van der Waals surface area contributed by atoms with Crippen LogP contribution >= 0.6 is 56.9 Å². The SMILES string of the molecule is C[C@@H]1CCN(CCCOc2ccc(Oc3c(C(=O)c4ccc(F)cc4)sc4cc(O)ccc34)cc2)C1.C[C@@H]1CCN(CCCOc2ccc(Oc3c(C(=O)c4ccccc4C(F)(F)F)sc4cc(O)ccc34)cc2)C1.C[C@@H]1CCN(CCCOc2ccc(Oc3c(C(=O)c4ccccc4Cl)sc4cc(O)ccc34)cc2)C1.C[C@@H]1CCN(CCCOc2ccc(Oc3c(C(=O)c4ccccc4F)sc4cc(O)ccc34)cc2)C1. The number of hydrogen-bond donors (Lipinski definition) is 4. The number of rotatable bonds is 36. The zero-order valence-electron chi connectivity index (χ0n) is 81.6. The Morgan fingerprint density at radius 3 is 0.905 bits per heavy atom. The summed E-state index contributed by atoms with van der Waals surface area (Å²) in [6.07, 6.45) is 4.25. The van der Waals surface area contributed by atoms with E-state index in [1.54, 1.807) is 133 Å². The van der Waals surface area contributed by atoms with Gasteiger partial charge in [0, 0.05) is 109 Å². The van der Waals surface area contributed by atoms with Gasteiger partial charge in [-0.15, -0.1) is 45.3 Å². The van der Waals surface area contributed by atoms with Gasteiger partial charge in [-0.2, -0.15) is 13.2 Å². The summed E-state index contributed by atoms with van der Waals surface area (Å²) in [7, 11) is 0. The molecule has 0 saturated carbocycles. The van der Waals surface area contributed by atoms with E-state index in [-0.39, 0.29) is 55.6 Å². The Morgan fingerprint density at radius 2 is 0.605 bits per heavy atom. The van der Waals surface area contributed by atoms with E-state index in [2.05, 4.69) is 47.3 Å². The van der Waals surface area contributed by atoms with Gasteiger partial charge in [-0.25, -0.2) is 8.78 Å². The fourth-order valence-corrected chi connectivity index (χ4v) is 23.0. The largest absolute Gasteiger partial charge is 0.508 e. The highest BCUT2D eigenvalue weighted by molar-refractivity contribution is 7.22. The molecule has 4 aliphatic heterocycles. The normalized spacial score (nSPS) is 15.9. The van der Waals surface area contributed by atoms with E-state index in [9.17, 15) is 61.6 Å². The third-order valence-corrected chi connectivity index (χ3v) is 30.8. The van der Waals surface area contributed by atoms with Crippen molar-refractivity contribution >= 4 is 120 Å². The first kappa shape index (κ1) is 105. The number of ether oxygens (including phenoxy) is 8. The minimum Gasteiger partial charge on any atom is -0.508 e. The summed E-state index contributed by atoms with van der Waals surface area (Å²) in [5.41, 5.74) is -0.721. The number of thiophene rings is 4. The fraction of sp³-hybridized carbons (Fsp3) is 0.282. The van der Waals surface area contributed by atoms with Crippen LogP contribution in [0.3, 0.4) is 0 Å². The van der Waals surface area contributed by atoms with Crippen molar-refractivity contribution < 1.29 is 99.5 Å². The molecule has 0 radical (unpaired) electrons. The van der Waals surface area contributed by atoms with E-state index in [0.717, 1.165) is 150 Å². The van der Waals surface area contributed by atoms with E-state index in [0.29, 0.717) is 118 Å². The van der Waals surface area contributed by atoms with Gasteiger partial charge < -0.3 is 77.9 Å². The smallest absolute Gasteiger partial charge is 0.417 e. The Balaban J connectivity index is 0.000000134. The lowest BCUT2D eigenvalue weighted by Crippen LogP contribution is -2.22. The number of carbonyl (C=O) groups excluding carboxylic acids is 4. The Hall–Kier alpha value is -13.5. The van der Waals surface area contributed by atoms with E-state index < -0.39 is 40.5 Å². The maximum absolute atomic E-state index is 14.4. The van der Waals surface area contributed by atoms with Gasteiger partial charge in [-0.1, -0.05) is 81.8 Å². The van der Waals surface area contributed by atoms with Crippen molar-refractivity contribution in [3.8, 4) is 92.0 Å². The van der Waals surface area contributed by atoms with Crippen LogP contribution in [0.4, 0.5) is 22.0 Å². The topological polar surface area (TPSA) is 236 Å². The molecule has 4 fully saturated rings. The average Bonchev–Trinajstić information content (AvgIpc) is 1.61. The first-order valence-corrected chi connectivity index (χ1v) is 52.9. The lowest BCUT2D eigenvalue weighted by molar-refractivity contribution is -0.137. The molecule has 4 aliphatic rings. The third kappa shape index (κ3) is 27.3. The number of halogens is 6. The molecule has 16 aromatic rings. The highest BCUT2D eigenvalue weighted by Gasteiger charge is 2.38. The Labute approximate surface area is 870 Å². The quantitative estimate of drug-likeness (QED) is 0.0162. The number of phenols is 4. The maximum Gasteiger partial charge on any atom is 0.417 e. The molecule has 4 saturated heterocycles. The zero-order valence-corrected chi connectivity index (χ0v) is 85.6. The molecule has 0 spiro atoms. The predicted molar refractivity (Wildman–Crippen MR) is 571 cm³/mol. The molecule has 0 aliphatic carbocycles. The van der Waals surface area contributed by atoms with Crippen LogP contribution in [-0.4, -0.2) is 168 Å². The molecule has 20 rings (SSSR count). The van der Waals surface area contributed by atoms with Crippen LogP contribution in [-0.2, 0) is 6.18 Å². The van der Waals surface area contributed by atoms with Crippen molar-refractivity contribution in [2.75, 3.05) is 105 Å². The molecule has 4 atom stereocenters. The molecule has 0 bridgehead atoms. The molecule has 762 valence electrons. The van der Waals surface area contributed by atoms with Crippen LogP contribution in [0, 0.1) is 35.3 Å². The molecule has 147 heavy (non-hydrogen) atoms. The maximum atomic E-state index is 14.4. The molecule has 0 amide bonds. The number of phenolic OH excluding ortho intramolecular Hbond substituents is 4. The zero-order chi connectivity index (χ0) is 103. The average molecular weight is 2090 g/mol. The highest BCUT2D eigenvalue weighted by Crippen LogP contribution is 2.50. The van der Waals surface area contributed by atoms with Crippen LogP contribution in [0.15, 0.2) is 267 Å². The van der Waals surface area contributed by atoms with Gasteiger partial charge in [-0.05, 0) is 326 Å². The van der Waals surface area contributed by atoms with Gasteiger partial charge in [0.25, 0.3) is 0 Å². The first-order chi connectivity index (χ1) is 71.1. The van der Waals surface area contributed by atoms with Gasteiger partial charge in [-0.3, -0.25) is 19.2 Å². The minimum atomic E-state index is -4.69. The number of benzene rings is 12. The van der Waals surface area contributed by atoms with Crippen LogP contribution in [0.1, 0.15) is 146 Å². The second-order valence-corrected chi connectivity index (χ2v) is 42.1. The molecular formula is C117H112ClF5N4O16S4. The van der Waals surface area contributed by atoms with Gasteiger partial charge in [0.05, 0.1) is 42.6 Å². The number of fused-ring (bicyclic) bond motifs is 4. The van der Waals surface area contributed by atoms with E-state index in [4.69, 9.17) is 49.5 Å². The van der Waals surface area contributed by atoms with Crippen LogP contribution in [0.5, 0.6) is 92.0 Å². The van der Waals surface area contributed by atoms with Crippen molar-refractivity contribution in [2.24, 2.45) is 23.7 Å². The second kappa shape index (κ2) is 48.9. The number of ketones is 4. The summed E-state index contributed by atoms with van der Waals surface area (Å²) in [6.45, 7) is 25.2. The number of carbonyl (C=O) groups is 4. The van der Waals surface area contributed by atoms with Crippen LogP contribution < -0.4 is 37.9 Å². The van der Waals surface area contributed by atoms with E-state index in [1.807, 2.05) is 60.7 Å². The van der Waals surface area contributed by atoms with Gasteiger partial charge in [0.2, 0.25) is 23.1 Å². The Bertz CT molecular complexity index is 7060. The summed E-state index contributed by atoms with van der Waals surface area (Å²) in [6, 6.07) is 71.1. The molecular weight excluding hydrogens is 1980 g/mol. The highest BCUT2D eigenvalue weighted by atomic mass is 35.5.